The number of amides is 2. The fraction of sp³-hybridized carbons (Fsp3) is 0.423. The Labute approximate surface area is 195 Å². The zero-order valence-corrected chi connectivity index (χ0v) is 19.6. The maximum atomic E-state index is 12.6. The molecule has 33 heavy (non-hydrogen) atoms. The van der Waals surface area contributed by atoms with E-state index in [2.05, 4.69) is 21.6 Å². The number of benzene rings is 2. The van der Waals surface area contributed by atoms with Gasteiger partial charge in [-0.1, -0.05) is 44.2 Å². The average molecular weight is 452 g/mol. The molecule has 7 heteroatoms. The Balaban J connectivity index is 1.50. The van der Waals surface area contributed by atoms with Crippen molar-refractivity contribution in [1.82, 2.24) is 5.32 Å². The van der Waals surface area contributed by atoms with E-state index in [1.54, 1.807) is 0 Å². The van der Waals surface area contributed by atoms with Crippen LogP contribution in [0.2, 0.25) is 0 Å². The standard InChI is InChI=1S/C26H33N3O4/c1-18(2)25(28-23(30)16-20-9-5-4-6-10-20)26(32)33-17-24(31)27-22-12-11-21(15-19(22)3)29-13-7-8-14-29/h4-6,9-12,15,18,25H,7-8,13-14,16-17H2,1-3H3,(H,27,31)(H,28,30)/t25-/m0/s1. The van der Waals surface area contributed by atoms with Gasteiger partial charge in [0, 0.05) is 24.5 Å². The van der Waals surface area contributed by atoms with Crippen molar-refractivity contribution in [3.8, 4) is 0 Å². The summed E-state index contributed by atoms with van der Waals surface area (Å²) in [6, 6.07) is 14.4. The molecule has 0 aliphatic carbocycles. The minimum absolute atomic E-state index is 0.171. The highest BCUT2D eigenvalue weighted by atomic mass is 16.5. The van der Waals surface area contributed by atoms with Gasteiger partial charge in [0.2, 0.25) is 5.91 Å². The molecule has 176 valence electrons. The van der Waals surface area contributed by atoms with Crippen LogP contribution in [0, 0.1) is 12.8 Å². The fourth-order valence-electron chi connectivity index (χ4n) is 3.88. The molecule has 2 N–H and O–H groups in total. The molecule has 1 aliphatic heterocycles. The van der Waals surface area contributed by atoms with Crippen molar-refractivity contribution in [2.75, 3.05) is 29.9 Å². The summed E-state index contributed by atoms with van der Waals surface area (Å²) >= 11 is 0. The maximum Gasteiger partial charge on any atom is 0.329 e. The number of hydrogen-bond acceptors (Lipinski definition) is 5. The van der Waals surface area contributed by atoms with E-state index >= 15 is 0 Å². The summed E-state index contributed by atoms with van der Waals surface area (Å²) in [4.78, 5) is 39.6. The van der Waals surface area contributed by atoms with Crippen molar-refractivity contribution >= 4 is 29.2 Å². The fourth-order valence-corrected chi connectivity index (χ4v) is 3.88. The predicted molar refractivity (Wildman–Crippen MR) is 129 cm³/mol. The topological polar surface area (TPSA) is 87.7 Å². The van der Waals surface area contributed by atoms with Gasteiger partial charge in [0.25, 0.3) is 5.91 Å². The summed E-state index contributed by atoms with van der Waals surface area (Å²) in [5.41, 5.74) is 3.65. The molecule has 0 radical (unpaired) electrons. The lowest BCUT2D eigenvalue weighted by molar-refractivity contribution is -0.151. The highest BCUT2D eigenvalue weighted by molar-refractivity contribution is 5.94. The van der Waals surface area contributed by atoms with Crippen LogP contribution < -0.4 is 15.5 Å². The number of carbonyl (C=O) groups is 3. The molecule has 1 heterocycles. The predicted octanol–water partition coefficient (Wildman–Crippen LogP) is 3.46. The molecule has 7 nitrogen and oxygen atoms in total. The van der Waals surface area contributed by atoms with Crippen LogP contribution >= 0.6 is 0 Å². The number of esters is 1. The molecule has 0 aromatic heterocycles. The van der Waals surface area contributed by atoms with Crippen LogP contribution in [0.3, 0.4) is 0 Å². The van der Waals surface area contributed by atoms with Crippen molar-refractivity contribution in [1.29, 1.82) is 0 Å². The van der Waals surface area contributed by atoms with Gasteiger partial charge in [0.15, 0.2) is 6.61 Å². The molecular weight excluding hydrogens is 418 g/mol. The van der Waals surface area contributed by atoms with E-state index in [9.17, 15) is 14.4 Å². The van der Waals surface area contributed by atoms with Crippen molar-refractivity contribution in [2.45, 2.75) is 46.1 Å². The first-order valence-electron chi connectivity index (χ1n) is 11.5. The Kier molecular flexibility index (Phi) is 8.46. The van der Waals surface area contributed by atoms with Gasteiger partial charge < -0.3 is 20.3 Å². The van der Waals surface area contributed by atoms with E-state index in [4.69, 9.17) is 4.74 Å². The first-order valence-corrected chi connectivity index (χ1v) is 11.5. The third-order valence-electron chi connectivity index (χ3n) is 5.75. The minimum atomic E-state index is -0.824. The Hall–Kier alpha value is -3.35. The van der Waals surface area contributed by atoms with Crippen LogP contribution in [-0.2, 0) is 25.5 Å². The number of ether oxygens (including phenoxy) is 1. The molecule has 0 spiro atoms. The number of aryl methyl sites for hydroxylation is 1. The third kappa shape index (κ3) is 7.07. The lowest BCUT2D eigenvalue weighted by atomic mass is 10.0. The van der Waals surface area contributed by atoms with Crippen LogP contribution in [-0.4, -0.2) is 43.5 Å². The van der Waals surface area contributed by atoms with E-state index < -0.39 is 24.5 Å². The lowest BCUT2D eigenvalue weighted by Gasteiger charge is -2.21. The number of rotatable bonds is 9. The average Bonchev–Trinajstić information content (AvgIpc) is 3.33. The molecule has 1 saturated heterocycles. The summed E-state index contributed by atoms with van der Waals surface area (Å²) in [7, 11) is 0. The van der Waals surface area contributed by atoms with Crippen LogP contribution in [0.4, 0.5) is 11.4 Å². The smallest absolute Gasteiger partial charge is 0.329 e. The van der Waals surface area contributed by atoms with E-state index in [-0.39, 0.29) is 18.2 Å². The summed E-state index contributed by atoms with van der Waals surface area (Å²) in [5, 5.41) is 5.53. The number of hydrogen-bond donors (Lipinski definition) is 2. The maximum absolute atomic E-state index is 12.6. The zero-order chi connectivity index (χ0) is 23.8. The van der Waals surface area contributed by atoms with Crippen LogP contribution in [0.15, 0.2) is 48.5 Å². The van der Waals surface area contributed by atoms with Crippen molar-refractivity contribution in [3.05, 3.63) is 59.7 Å². The van der Waals surface area contributed by atoms with Crippen molar-refractivity contribution in [2.24, 2.45) is 5.92 Å². The minimum Gasteiger partial charge on any atom is -0.454 e. The quantitative estimate of drug-likeness (QED) is 0.570. The van der Waals surface area contributed by atoms with E-state index in [0.717, 1.165) is 29.9 Å². The van der Waals surface area contributed by atoms with Crippen LogP contribution in [0.5, 0.6) is 0 Å². The molecule has 2 amide bonds. The zero-order valence-electron chi connectivity index (χ0n) is 19.6. The lowest BCUT2D eigenvalue weighted by Crippen LogP contribution is -2.46. The second kappa shape index (κ2) is 11.5. The SMILES string of the molecule is Cc1cc(N2CCCC2)ccc1NC(=O)COC(=O)[C@@H](NC(=O)Cc1ccccc1)C(C)C. The Morgan fingerprint density at radius 2 is 1.70 bits per heavy atom. The molecule has 0 unspecified atom stereocenters. The first kappa shape index (κ1) is 24.3. The normalized spacial score (nSPS) is 14.1. The van der Waals surface area contributed by atoms with Gasteiger partial charge in [-0.05, 0) is 55.0 Å². The second-order valence-electron chi connectivity index (χ2n) is 8.80. The number of nitrogens with one attached hydrogen (secondary N) is 2. The molecule has 2 aromatic rings. The number of nitrogens with zero attached hydrogens (tertiary/aromatic N) is 1. The molecule has 0 bridgehead atoms. The summed E-state index contributed by atoms with van der Waals surface area (Å²) < 4.78 is 5.22. The largest absolute Gasteiger partial charge is 0.454 e. The first-order chi connectivity index (χ1) is 15.8. The molecule has 1 aliphatic rings. The van der Waals surface area contributed by atoms with E-state index in [1.165, 1.54) is 12.8 Å². The molecule has 3 rings (SSSR count). The van der Waals surface area contributed by atoms with Crippen molar-refractivity contribution < 1.29 is 19.1 Å². The van der Waals surface area contributed by atoms with Gasteiger partial charge in [-0.3, -0.25) is 9.59 Å². The van der Waals surface area contributed by atoms with Gasteiger partial charge in [-0.2, -0.15) is 0 Å². The van der Waals surface area contributed by atoms with Gasteiger partial charge in [-0.15, -0.1) is 0 Å². The summed E-state index contributed by atoms with van der Waals surface area (Å²) in [6.45, 7) is 7.28. The van der Waals surface area contributed by atoms with Gasteiger partial charge in [0.05, 0.1) is 6.42 Å². The van der Waals surface area contributed by atoms with Crippen molar-refractivity contribution in [3.63, 3.8) is 0 Å². The van der Waals surface area contributed by atoms with E-state index in [0.29, 0.717) is 5.69 Å². The Morgan fingerprint density at radius 1 is 1.00 bits per heavy atom. The Bertz CT molecular complexity index is 969. The van der Waals surface area contributed by atoms with Gasteiger partial charge in [0.1, 0.15) is 6.04 Å². The van der Waals surface area contributed by atoms with Gasteiger partial charge in [-0.25, -0.2) is 4.79 Å². The molecule has 1 atom stereocenters. The molecule has 0 saturated carbocycles. The third-order valence-corrected chi connectivity index (χ3v) is 5.75. The van der Waals surface area contributed by atoms with Crippen LogP contribution in [0.1, 0.15) is 37.8 Å². The van der Waals surface area contributed by atoms with Gasteiger partial charge >= 0.3 is 5.97 Å². The second-order valence-corrected chi connectivity index (χ2v) is 8.80. The molecular formula is C26H33N3O4. The summed E-state index contributed by atoms with van der Waals surface area (Å²) in [5.74, 6) is -1.49. The van der Waals surface area contributed by atoms with Crippen LogP contribution in [0.25, 0.3) is 0 Å². The highest BCUT2D eigenvalue weighted by Gasteiger charge is 2.26. The number of carbonyl (C=O) groups excluding carboxylic acids is 3. The van der Waals surface area contributed by atoms with E-state index in [1.807, 2.05) is 63.2 Å². The number of anilines is 2. The molecule has 1 fully saturated rings. The summed E-state index contributed by atoms with van der Waals surface area (Å²) in [6.07, 6.45) is 2.57. The Morgan fingerprint density at radius 3 is 2.33 bits per heavy atom. The molecule has 2 aromatic carbocycles. The monoisotopic (exact) mass is 451 g/mol. The highest BCUT2D eigenvalue weighted by Crippen LogP contribution is 2.25.